The average molecular weight is 398 g/mol. The van der Waals surface area contributed by atoms with Gasteiger partial charge in [-0.3, -0.25) is 9.59 Å². The van der Waals surface area contributed by atoms with Gasteiger partial charge in [0.15, 0.2) is 0 Å². The molecule has 1 unspecified atom stereocenters. The predicted molar refractivity (Wildman–Crippen MR) is 113 cm³/mol. The summed E-state index contributed by atoms with van der Waals surface area (Å²) in [6.07, 6.45) is 0.438. The minimum Gasteiger partial charge on any atom is -0.351 e. The molecular formula is C22H24ClN3O2. The van der Waals surface area contributed by atoms with Crippen LogP contribution in [0.4, 0.5) is 0 Å². The van der Waals surface area contributed by atoms with Gasteiger partial charge in [-0.25, -0.2) is 0 Å². The monoisotopic (exact) mass is 397 g/mol. The number of aromatic nitrogens is 1. The normalized spacial score (nSPS) is 12.0. The number of halogens is 1. The fourth-order valence-corrected chi connectivity index (χ4v) is 3.45. The summed E-state index contributed by atoms with van der Waals surface area (Å²) in [5, 5.41) is 4.37. The number of aromatic amines is 1. The maximum atomic E-state index is 13.0. The van der Waals surface area contributed by atoms with E-state index in [-0.39, 0.29) is 11.8 Å². The maximum absolute atomic E-state index is 13.0. The summed E-state index contributed by atoms with van der Waals surface area (Å²) in [6, 6.07) is 16.2. The largest absolute Gasteiger partial charge is 0.351 e. The Morgan fingerprint density at radius 1 is 1.07 bits per heavy atom. The highest BCUT2D eigenvalue weighted by atomic mass is 35.5. The van der Waals surface area contributed by atoms with Gasteiger partial charge in [-0.15, -0.1) is 0 Å². The Balaban J connectivity index is 1.84. The number of nitrogens with one attached hydrogen (secondary N) is 2. The third-order valence-corrected chi connectivity index (χ3v) is 5.02. The number of hydrogen-bond donors (Lipinski definition) is 2. The number of hydrogen-bond acceptors (Lipinski definition) is 2. The highest BCUT2D eigenvalue weighted by molar-refractivity contribution is 6.31. The van der Waals surface area contributed by atoms with Crippen molar-refractivity contribution in [3.05, 3.63) is 70.9 Å². The molecule has 2 N–H and O–H groups in total. The van der Waals surface area contributed by atoms with Crippen LogP contribution in [-0.2, 0) is 11.2 Å². The molecule has 3 aromatic rings. The maximum Gasteiger partial charge on any atom is 0.268 e. The minimum atomic E-state index is -0.634. The van der Waals surface area contributed by atoms with Gasteiger partial charge in [-0.05, 0) is 43.7 Å². The molecule has 0 aliphatic rings. The molecule has 0 aliphatic heterocycles. The van der Waals surface area contributed by atoms with Crippen LogP contribution in [0.1, 0.15) is 29.9 Å². The Kier molecular flexibility index (Phi) is 6.37. The summed E-state index contributed by atoms with van der Waals surface area (Å²) < 4.78 is 0. The van der Waals surface area contributed by atoms with Crippen LogP contribution in [0.2, 0.25) is 5.02 Å². The van der Waals surface area contributed by atoms with Gasteiger partial charge in [-0.1, -0.05) is 41.9 Å². The van der Waals surface area contributed by atoms with Crippen LogP contribution in [0.15, 0.2) is 54.6 Å². The zero-order valence-electron chi connectivity index (χ0n) is 16.0. The van der Waals surface area contributed by atoms with Gasteiger partial charge in [-0.2, -0.15) is 0 Å². The second kappa shape index (κ2) is 8.93. The number of fused-ring (bicyclic) bond motifs is 1. The molecule has 1 aromatic heterocycles. The summed E-state index contributed by atoms with van der Waals surface area (Å²) >= 11 is 6.03. The number of benzene rings is 2. The molecule has 0 aliphatic carbocycles. The van der Waals surface area contributed by atoms with Crippen LogP contribution in [0.5, 0.6) is 0 Å². The fraction of sp³-hybridized carbons (Fsp3) is 0.273. The zero-order chi connectivity index (χ0) is 20.1. The first kappa shape index (κ1) is 20.0. The van der Waals surface area contributed by atoms with E-state index in [0.29, 0.717) is 30.2 Å². The lowest BCUT2D eigenvalue weighted by molar-refractivity contribution is -0.132. The molecule has 2 aromatic carbocycles. The van der Waals surface area contributed by atoms with E-state index in [1.165, 1.54) is 0 Å². The quantitative estimate of drug-likeness (QED) is 0.632. The van der Waals surface area contributed by atoms with E-state index in [1.807, 2.05) is 50.2 Å². The van der Waals surface area contributed by atoms with Gasteiger partial charge >= 0.3 is 0 Å². The average Bonchev–Trinajstić information content (AvgIpc) is 3.12. The molecule has 0 fully saturated rings. The van der Waals surface area contributed by atoms with Crippen LogP contribution >= 0.6 is 11.6 Å². The molecule has 2 amide bonds. The van der Waals surface area contributed by atoms with Crippen molar-refractivity contribution in [3.63, 3.8) is 0 Å². The van der Waals surface area contributed by atoms with Crippen molar-refractivity contribution in [1.82, 2.24) is 15.2 Å². The highest BCUT2D eigenvalue weighted by Crippen LogP contribution is 2.20. The number of H-pyrrole nitrogens is 1. The van der Waals surface area contributed by atoms with Crippen molar-refractivity contribution in [2.24, 2.45) is 0 Å². The summed E-state index contributed by atoms with van der Waals surface area (Å²) in [5.74, 6) is -0.393. The third-order valence-electron chi connectivity index (χ3n) is 4.79. The SMILES string of the molecule is CCN(CC)C(=O)C(Cc1ccccc1)NC(=O)c1cc2cc(Cl)ccc2[nH]1. The van der Waals surface area contributed by atoms with Gasteiger partial charge in [0, 0.05) is 35.4 Å². The van der Waals surface area contributed by atoms with E-state index < -0.39 is 6.04 Å². The van der Waals surface area contributed by atoms with Gasteiger partial charge in [0.25, 0.3) is 5.91 Å². The topological polar surface area (TPSA) is 65.2 Å². The Bertz CT molecular complexity index is 964. The Hall–Kier alpha value is -2.79. The first-order valence-electron chi connectivity index (χ1n) is 9.43. The van der Waals surface area contributed by atoms with E-state index in [0.717, 1.165) is 16.5 Å². The lowest BCUT2D eigenvalue weighted by atomic mass is 10.0. The lowest BCUT2D eigenvalue weighted by Crippen LogP contribution is -2.49. The Morgan fingerprint density at radius 3 is 2.46 bits per heavy atom. The summed E-state index contributed by atoms with van der Waals surface area (Å²) in [7, 11) is 0. The Labute approximate surface area is 169 Å². The van der Waals surface area contributed by atoms with Gasteiger partial charge < -0.3 is 15.2 Å². The summed E-state index contributed by atoms with van der Waals surface area (Å²) in [5.41, 5.74) is 2.23. The van der Waals surface area contributed by atoms with Crippen molar-refractivity contribution in [2.45, 2.75) is 26.3 Å². The molecule has 1 atom stereocenters. The van der Waals surface area contributed by atoms with Crippen LogP contribution in [0, 0.1) is 0 Å². The summed E-state index contributed by atoms with van der Waals surface area (Å²) in [6.45, 7) is 5.07. The van der Waals surface area contributed by atoms with Crippen LogP contribution in [-0.4, -0.2) is 40.8 Å². The molecule has 1 heterocycles. The van der Waals surface area contributed by atoms with Gasteiger partial charge in [0.05, 0.1) is 0 Å². The van der Waals surface area contributed by atoms with E-state index in [4.69, 9.17) is 11.6 Å². The van der Waals surface area contributed by atoms with E-state index >= 15 is 0 Å². The van der Waals surface area contributed by atoms with Crippen LogP contribution in [0.3, 0.4) is 0 Å². The van der Waals surface area contributed by atoms with E-state index in [2.05, 4.69) is 10.3 Å². The second-order valence-corrected chi connectivity index (χ2v) is 7.08. The van der Waals surface area contributed by atoms with Gasteiger partial charge in [0.1, 0.15) is 11.7 Å². The van der Waals surface area contributed by atoms with Crippen LogP contribution in [0.25, 0.3) is 10.9 Å². The first-order chi connectivity index (χ1) is 13.5. The molecule has 5 nitrogen and oxygen atoms in total. The number of rotatable bonds is 7. The molecule has 0 saturated heterocycles. The standard InChI is InChI=1S/C22H24ClN3O2/c1-3-26(4-2)22(28)20(12-15-8-6-5-7-9-15)25-21(27)19-14-16-13-17(23)10-11-18(16)24-19/h5-11,13-14,20,24H,3-4,12H2,1-2H3,(H,25,27). The summed E-state index contributed by atoms with van der Waals surface area (Å²) in [4.78, 5) is 30.7. The van der Waals surface area contributed by atoms with Crippen molar-refractivity contribution in [3.8, 4) is 0 Å². The van der Waals surface area contributed by atoms with Gasteiger partial charge in [0.2, 0.25) is 5.91 Å². The molecule has 28 heavy (non-hydrogen) atoms. The number of nitrogens with zero attached hydrogens (tertiary/aromatic N) is 1. The van der Waals surface area contributed by atoms with Crippen LogP contribution < -0.4 is 5.32 Å². The number of amides is 2. The van der Waals surface area contributed by atoms with Crippen molar-refractivity contribution in [2.75, 3.05) is 13.1 Å². The molecule has 0 saturated carbocycles. The molecular weight excluding hydrogens is 374 g/mol. The highest BCUT2D eigenvalue weighted by Gasteiger charge is 2.25. The van der Waals surface area contributed by atoms with Crippen molar-refractivity contribution in [1.29, 1.82) is 0 Å². The Morgan fingerprint density at radius 2 is 1.79 bits per heavy atom. The zero-order valence-corrected chi connectivity index (χ0v) is 16.8. The van der Waals surface area contributed by atoms with Crippen molar-refractivity contribution < 1.29 is 9.59 Å². The molecule has 6 heteroatoms. The lowest BCUT2D eigenvalue weighted by Gasteiger charge is -2.26. The second-order valence-electron chi connectivity index (χ2n) is 6.64. The molecule has 146 valence electrons. The first-order valence-corrected chi connectivity index (χ1v) is 9.81. The molecule has 0 bridgehead atoms. The minimum absolute atomic E-state index is 0.0821. The third kappa shape index (κ3) is 4.54. The molecule has 0 spiro atoms. The predicted octanol–water partition coefficient (Wildman–Crippen LogP) is 4.03. The number of likely N-dealkylation sites (N-methyl/N-ethyl adjacent to an activating group) is 1. The smallest absolute Gasteiger partial charge is 0.268 e. The number of carbonyl (C=O) groups is 2. The number of carbonyl (C=O) groups excluding carboxylic acids is 2. The molecule has 0 radical (unpaired) electrons. The van der Waals surface area contributed by atoms with Crippen molar-refractivity contribution >= 4 is 34.3 Å². The van der Waals surface area contributed by atoms with E-state index in [1.54, 1.807) is 23.1 Å². The van der Waals surface area contributed by atoms with E-state index in [9.17, 15) is 9.59 Å². The molecule has 3 rings (SSSR count). The fourth-order valence-electron chi connectivity index (χ4n) is 3.27.